The standard InChI is InChI=1S/C14H21N3O2/c1-4-9(2)11-5-7-12(8-6-11)17-13(18)10(3)16-14(15)19/h5-10H,4H2,1-3H3,(H,17,18)(H3,15,16,19)/t9-,10-/m1/s1. The summed E-state index contributed by atoms with van der Waals surface area (Å²) in [5.41, 5.74) is 6.91. The van der Waals surface area contributed by atoms with Crippen molar-refractivity contribution in [1.29, 1.82) is 0 Å². The molecule has 0 spiro atoms. The average molecular weight is 263 g/mol. The van der Waals surface area contributed by atoms with Crippen LogP contribution in [0.4, 0.5) is 10.5 Å². The molecule has 0 heterocycles. The summed E-state index contributed by atoms with van der Waals surface area (Å²) in [6.07, 6.45) is 1.07. The maximum Gasteiger partial charge on any atom is 0.312 e. The van der Waals surface area contributed by atoms with Gasteiger partial charge in [0.15, 0.2) is 0 Å². The molecule has 0 unspecified atom stereocenters. The van der Waals surface area contributed by atoms with Crippen molar-refractivity contribution in [1.82, 2.24) is 5.32 Å². The molecule has 1 rings (SSSR count). The van der Waals surface area contributed by atoms with Crippen LogP contribution in [0.3, 0.4) is 0 Å². The Morgan fingerprint density at radius 2 is 1.79 bits per heavy atom. The Labute approximate surface area is 113 Å². The first-order valence-corrected chi connectivity index (χ1v) is 6.40. The summed E-state index contributed by atoms with van der Waals surface area (Å²) in [5.74, 6) is 0.204. The highest BCUT2D eigenvalue weighted by Gasteiger charge is 2.14. The molecule has 3 amide bonds. The molecular weight excluding hydrogens is 242 g/mol. The Kier molecular flexibility index (Phi) is 5.36. The van der Waals surface area contributed by atoms with E-state index in [4.69, 9.17) is 5.73 Å². The zero-order chi connectivity index (χ0) is 14.4. The van der Waals surface area contributed by atoms with E-state index < -0.39 is 12.1 Å². The van der Waals surface area contributed by atoms with Gasteiger partial charge in [-0.2, -0.15) is 0 Å². The highest BCUT2D eigenvalue weighted by molar-refractivity contribution is 5.96. The number of amides is 3. The smallest absolute Gasteiger partial charge is 0.312 e. The van der Waals surface area contributed by atoms with Crippen LogP contribution in [0.5, 0.6) is 0 Å². The molecule has 0 bridgehead atoms. The first-order valence-electron chi connectivity index (χ1n) is 6.40. The van der Waals surface area contributed by atoms with E-state index in [1.54, 1.807) is 6.92 Å². The van der Waals surface area contributed by atoms with E-state index in [-0.39, 0.29) is 5.91 Å². The van der Waals surface area contributed by atoms with Gasteiger partial charge in [-0.1, -0.05) is 26.0 Å². The zero-order valence-electron chi connectivity index (χ0n) is 11.6. The number of carbonyl (C=O) groups is 2. The molecule has 1 aromatic rings. The Balaban J connectivity index is 2.62. The van der Waals surface area contributed by atoms with Crippen molar-refractivity contribution in [3.8, 4) is 0 Å². The first kappa shape index (κ1) is 15.0. The molecular formula is C14H21N3O2. The van der Waals surface area contributed by atoms with Crippen LogP contribution in [0.25, 0.3) is 0 Å². The van der Waals surface area contributed by atoms with Crippen molar-refractivity contribution in [2.45, 2.75) is 39.2 Å². The largest absolute Gasteiger partial charge is 0.352 e. The van der Waals surface area contributed by atoms with E-state index in [1.165, 1.54) is 5.56 Å². The first-order chi connectivity index (χ1) is 8.93. The number of benzene rings is 1. The summed E-state index contributed by atoms with van der Waals surface area (Å²) < 4.78 is 0. The van der Waals surface area contributed by atoms with E-state index in [9.17, 15) is 9.59 Å². The topological polar surface area (TPSA) is 84.2 Å². The molecule has 0 fully saturated rings. The van der Waals surface area contributed by atoms with E-state index in [1.807, 2.05) is 24.3 Å². The SMILES string of the molecule is CC[C@@H](C)c1ccc(NC(=O)[C@@H](C)NC(N)=O)cc1. The van der Waals surface area contributed by atoms with Crippen molar-refractivity contribution < 1.29 is 9.59 Å². The number of hydrogen-bond acceptors (Lipinski definition) is 2. The van der Waals surface area contributed by atoms with Crippen LogP contribution in [0.1, 0.15) is 38.7 Å². The molecule has 0 radical (unpaired) electrons. The minimum atomic E-state index is -0.713. The van der Waals surface area contributed by atoms with Crippen molar-refractivity contribution >= 4 is 17.6 Å². The van der Waals surface area contributed by atoms with Crippen molar-refractivity contribution in [2.24, 2.45) is 5.73 Å². The average Bonchev–Trinajstić information content (AvgIpc) is 2.37. The summed E-state index contributed by atoms with van der Waals surface area (Å²) in [6.45, 7) is 5.87. The van der Waals surface area contributed by atoms with Gasteiger partial charge in [0.1, 0.15) is 6.04 Å². The van der Waals surface area contributed by atoms with Gasteiger partial charge in [-0.3, -0.25) is 4.79 Å². The third-order valence-electron chi connectivity index (χ3n) is 3.11. The van der Waals surface area contributed by atoms with Crippen molar-refractivity contribution in [3.63, 3.8) is 0 Å². The third-order valence-corrected chi connectivity index (χ3v) is 3.11. The van der Waals surface area contributed by atoms with Crippen LogP contribution in [0, 0.1) is 0 Å². The molecule has 1 aromatic carbocycles. The van der Waals surface area contributed by atoms with Crippen LogP contribution >= 0.6 is 0 Å². The molecule has 0 aliphatic rings. The molecule has 0 saturated carbocycles. The van der Waals surface area contributed by atoms with Crippen molar-refractivity contribution in [2.75, 3.05) is 5.32 Å². The van der Waals surface area contributed by atoms with Gasteiger partial charge in [0.25, 0.3) is 0 Å². The van der Waals surface area contributed by atoms with Crippen molar-refractivity contribution in [3.05, 3.63) is 29.8 Å². The lowest BCUT2D eigenvalue weighted by atomic mass is 9.99. The number of urea groups is 1. The summed E-state index contributed by atoms with van der Waals surface area (Å²) in [4.78, 5) is 22.4. The zero-order valence-corrected chi connectivity index (χ0v) is 11.6. The Morgan fingerprint density at radius 3 is 2.26 bits per heavy atom. The minimum absolute atomic E-state index is 0.296. The minimum Gasteiger partial charge on any atom is -0.352 e. The maximum absolute atomic E-state index is 11.7. The van der Waals surface area contributed by atoms with Gasteiger partial charge in [-0.25, -0.2) is 4.79 Å². The number of nitrogens with one attached hydrogen (secondary N) is 2. The third kappa shape index (κ3) is 4.62. The number of hydrogen-bond donors (Lipinski definition) is 3. The lowest BCUT2D eigenvalue weighted by Gasteiger charge is -2.14. The highest BCUT2D eigenvalue weighted by Crippen LogP contribution is 2.20. The second kappa shape index (κ2) is 6.78. The Morgan fingerprint density at radius 1 is 1.21 bits per heavy atom. The number of nitrogens with two attached hydrogens (primary N) is 1. The monoisotopic (exact) mass is 263 g/mol. The van der Waals surface area contributed by atoms with Gasteiger partial charge in [-0.05, 0) is 37.0 Å². The Hall–Kier alpha value is -2.04. The van der Waals surface area contributed by atoms with Crippen LogP contribution in [-0.4, -0.2) is 18.0 Å². The fraction of sp³-hybridized carbons (Fsp3) is 0.429. The summed E-state index contributed by atoms with van der Waals surface area (Å²) in [6, 6.07) is 6.33. The highest BCUT2D eigenvalue weighted by atomic mass is 16.2. The van der Waals surface area contributed by atoms with Gasteiger partial charge in [0, 0.05) is 5.69 Å². The number of carbonyl (C=O) groups excluding carboxylic acids is 2. The second-order valence-corrected chi connectivity index (χ2v) is 4.65. The van der Waals surface area contributed by atoms with Crippen LogP contribution in [0.2, 0.25) is 0 Å². The van der Waals surface area contributed by atoms with Crippen LogP contribution in [0.15, 0.2) is 24.3 Å². The Bertz CT molecular complexity index is 443. The summed E-state index contributed by atoms with van der Waals surface area (Å²) >= 11 is 0. The molecule has 104 valence electrons. The van der Waals surface area contributed by atoms with Gasteiger partial charge in [0.05, 0.1) is 0 Å². The molecule has 0 aliphatic carbocycles. The maximum atomic E-state index is 11.7. The van der Waals surface area contributed by atoms with E-state index >= 15 is 0 Å². The molecule has 4 N–H and O–H groups in total. The van der Waals surface area contributed by atoms with Crippen LogP contribution < -0.4 is 16.4 Å². The molecule has 5 heteroatoms. The lowest BCUT2D eigenvalue weighted by molar-refractivity contribution is -0.117. The molecule has 0 aliphatic heterocycles. The molecule has 19 heavy (non-hydrogen) atoms. The molecule has 0 saturated heterocycles. The van der Waals surface area contributed by atoms with Gasteiger partial charge in [0.2, 0.25) is 5.91 Å². The fourth-order valence-corrected chi connectivity index (χ4v) is 1.66. The molecule has 2 atom stereocenters. The predicted octanol–water partition coefficient (Wildman–Crippen LogP) is 2.20. The van der Waals surface area contributed by atoms with E-state index in [2.05, 4.69) is 24.5 Å². The normalized spacial score (nSPS) is 13.4. The second-order valence-electron chi connectivity index (χ2n) is 4.65. The van der Waals surface area contributed by atoms with Gasteiger partial charge in [-0.15, -0.1) is 0 Å². The van der Waals surface area contributed by atoms with Crippen LogP contribution in [-0.2, 0) is 4.79 Å². The molecule has 5 nitrogen and oxygen atoms in total. The van der Waals surface area contributed by atoms with E-state index in [0.717, 1.165) is 6.42 Å². The number of primary amides is 1. The van der Waals surface area contributed by atoms with Gasteiger partial charge >= 0.3 is 6.03 Å². The summed E-state index contributed by atoms with van der Waals surface area (Å²) in [5, 5.41) is 5.05. The predicted molar refractivity (Wildman–Crippen MR) is 76.0 cm³/mol. The lowest BCUT2D eigenvalue weighted by Crippen LogP contribution is -2.44. The number of anilines is 1. The number of rotatable bonds is 5. The summed E-state index contributed by atoms with van der Waals surface area (Å²) in [7, 11) is 0. The fourth-order valence-electron chi connectivity index (χ4n) is 1.66. The van der Waals surface area contributed by atoms with E-state index in [0.29, 0.717) is 11.6 Å². The quantitative estimate of drug-likeness (QED) is 0.760. The molecule has 0 aromatic heterocycles. The van der Waals surface area contributed by atoms with Gasteiger partial charge < -0.3 is 16.4 Å².